The zero-order chi connectivity index (χ0) is 16.4. The molecule has 4 nitrogen and oxygen atoms in total. The molecule has 4 rings (SSSR count). The number of amidine groups is 1. The number of hydrogen-bond donors (Lipinski definition) is 0. The van der Waals surface area contributed by atoms with Crippen molar-refractivity contribution in [1.82, 2.24) is 4.90 Å². The predicted molar refractivity (Wildman–Crippen MR) is 97.4 cm³/mol. The molecule has 0 saturated carbocycles. The second kappa shape index (κ2) is 6.75. The number of morpholine rings is 1. The largest absolute Gasteiger partial charge is 0.379 e. The first-order valence-corrected chi connectivity index (χ1v) is 8.60. The second-order valence-electron chi connectivity index (χ2n) is 6.30. The molecule has 2 aromatic rings. The highest BCUT2D eigenvalue weighted by molar-refractivity contribution is 5.98. The van der Waals surface area contributed by atoms with E-state index >= 15 is 0 Å². The number of rotatable bonds is 3. The summed E-state index contributed by atoms with van der Waals surface area (Å²) in [5.41, 5.74) is 2.50. The van der Waals surface area contributed by atoms with E-state index in [0.29, 0.717) is 0 Å². The molecule has 2 aliphatic heterocycles. The maximum absolute atomic E-state index is 5.53. The van der Waals surface area contributed by atoms with Gasteiger partial charge < -0.3 is 9.64 Å². The summed E-state index contributed by atoms with van der Waals surface area (Å²) in [6.07, 6.45) is 0.136. The van der Waals surface area contributed by atoms with E-state index < -0.39 is 0 Å². The highest BCUT2D eigenvalue weighted by Gasteiger charge is 2.40. The van der Waals surface area contributed by atoms with Crippen molar-refractivity contribution in [2.75, 3.05) is 31.2 Å². The molecule has 0 radical (unpaired) electrons. The second-order valence-corrected chi connectivity index (χ2v) is 6.30. The fourth-order valence-corrected chi connectivity index (χ4v) is 3.69. The Kier molecular flexibility index (Phi) is 4.32. The molecule has 0 spiro atoms. The summed E-state index contributed by atoms with van der Waals surface area (Å²) in [5, 5.41) is 0. The molecular formula is C20H23N3O. The lowest BCUT2D eigenvalue weighted by Gasteiger charge is -2.37. The lowest BCUT2D eigenvalue weighted by Crippen LogP contribution is -2.46. The number of benzene rings is 2. The molecule has 2 aliphatic rings. The van der Waals surface area contributed by atoms with Gasteiger partial charge in [0, 0.05) is 18.8 Å². The number of anilines is 1. The van der Waals surface area contributed by atoms with E-state index in [1.165, 1.54) is 11.3 Å². The van der Waals surface area contributed by atoms with Gasteiger partial charge in [-0.2, -0.15) is 0 Å². The smallest absolute Gasteiger partial charge is 0.129 e. The summed E-state index contributed by atoms with van der Waals surface area (Å²) in [6.45, 7) is 5.57. The fraction of sp³-hybridized carbons (Fsp3) is 0.350. The van der Waals surface area contributed by atoms with Crippen LogP contribution in [-0.4, -0.2) is 43.2 Å². The van der Waals surface area contributed by atoms with E-state index in [4.69, 9.17) is 9.73 Å². The molecule has 0 N–H and O–H groups in total. The van der Waals surface area contributed by atoms with E-state index in [1.807, 2.05) is 0 Å². The van der Waals surface area contributed by atoms with Crippen LogP contribution < -0.4 is 4.90 Å². The van der Waals surface area contributed by atoms with Gasteiger partial charge in [0.1, 0.15) is 12.0 Å². The Balaban J connectivity index is 1.74. The quantitative estimate of drug-likeness (QED) is 0.868. The molecule has 2 atom stereocenters. The highest BCUT2D eigenvalue weighted by atomic mass is 16.5. The number of hydrogen-bond acceptors (Lipinski definition) is 4. The van der Waals surface area contributed by atoms with Crippen LogP contribution in [0.25, 0.3) is 0 Å². The number of nitrogens with zero attached hydrogens (tertiary/aromatic N) is 3. The lowest BCUT2D eigenvalue weighted by atomic mass is 10.0. The molecular weight excluding hydrogens is 298 g/mol. The van der Waals surface area contributed by atoms with Crippen LogP contribution in [0.5, 0.6) is 0 Å². The third-order valence-electron chi connectivity index (χ3n) is 4.82. The topological polar surface area (TPSA) is 28.1 Å². The summed E-state index contributed by atoms with van der Waals surface area (Å²) in [5.74, 6) is 1.08. The number of ether oxygens (including phenoxy) is 1. The van der Waals surface area contributed by atoms with Gasteiger partial charge in [-0.25, -0.2) is 0 Å². The van der Waals surface area contributed by atoms with Gasteiger partial charge in [0.15, 0.2) is 0 Å². The van der Waals surface area contributed by atoms with Crippen LogP contribution in [0.2, 0.25) is 0 Å². The molecule has 0 amide bonds. The van der Waals surface area contributed by atoms with Gasteiger partial charge in [0.25, 0.3) is 0 Å². The monoisotopic (exact) mass is 321 g/mol. The maximum atomic E-state index is 5.53. The van der Waals surface area contributed by atoms with Gasteiger partial charge in [-0.1, -0.05) is 48.5 Å². The third kappa shape index (κ3) is 2.83. The van der Waals surface area contributed by atoms with Crippen molar-refractivity contribution in [1.29, 1.82) is 0 Å². The Morgan fingerprint density at radius 3 is 2.21 bits per heavy atom. The normalized spacial score (nSPS) is 24.9. The van der Waals surface area contributed by atoms with Crippen LogP contribution in [0.15, 0.2) is 65.7 Å². The van der Waals surface area contributed by atoms with Crippen LogP contribution >= 0.6 is 0 Å². The van der Waals surface area contributed by atoms with Crippen molar-refractivity contribution in [3.63, 3.8) is 0 Å². The summed E-state index contributed by atoms with van der Waals surface area (Å²) in [6, 6.07) is 21.5. The molecule has 1 saturated heterocycles. The van der Waals surface area contributed by atoms with Gasteiger partial charge in [-0.15, -0.1) is 0 Å². The van der Waals surface area contributed by atoms with Crippen LogP contribution in [0, 0.1) is 0 Å². The average molecular weight is 321 g/mol. The Bertz CT molecular complexity index is 695. The van der Waals surface area contributed by atoms with Crippen LogP contribution in [0.1, 0.15) is 18.5 Å². The van der Waals surface area contributed by atoms with Gasteiger partial charge in [0.2, 0.25) is 0 Å². The molecule has 2 aromatic carbocycles. The highest BCUT2D eigenvalue weighted by Crippen LogP contribution is 2.37. The van der Waals surface area contributed by atoms with Crippen LogP contribution in [0.3, 0.4) is 0 Å². The number of aliphatic imine (C=N–C) groups is 1. The SMILES string of the molecule is CC1=NC(N2CCOCC2)C(c2ccccc2)N1c1ccccc1. The van der Waals surface area contributed by atoms with Crippen molar-refractivity contribution < 1.29 is 4.74 Å². The minimum absolute atomic E-state index is 0.136. The first-order valence-electron chi connectivity index (χ1n) is 8.60. The molecule has 2 unspecified atom stereocenters. The summed E-state index contributed by atoms with van der Waals surface area (Å²) in [4.78, 5) is 9.86. The fourth-order valence-electron chi connectivity index (χ4n) is 3.69. The summed E-state index contributed by atoms with van der Waals surface area (Å²) in [7, 11) is 0. The zero-order valence-corrected chi connectivity index (χ0v) is 14.0. The van der Waals surface area contributed by atoms with E-state index in [9.17, 15) is 0 Å². The predicted octanol–water partition coefficient (Wildman–Crippen LogP) is 3.32. The van der Waals surface area contributed by atoms with E-state index in [-0.39, 0.29) is 12.2 Å². The maximum Gasteiger partial charge on any atom is 0.129 e. The average Bonchev–Trinajstić information content (AvgIpc) is 3.01. The Morgan fingerprint density at radius 1 is 0.917 bits per heavy atom. The van der Waals surface area contributed by atoms with Crippen LogP contribution in [-0.2, 0) is 4.74 Å². The van der Waals surface area contributed by atoms with Crippen molar-refractivity contribution in [2.45, 2.75) is 19.1 Å². The van der Waals surface area contributed by atoms with Crippen molar-refractivity contribution >= 4 is 11.5 Å². The van der Waals surface area contributed by atoms with Crippen molar-refractivity contribution in [3.8, 4) is 0 Å². The van der Waals surface area contributed by atoms with E-state index in [1.54, 1.807) is 0 Å². The van der Waals surface area contributed by atoms with Gasteiger partial charge in [-0.3, -0.25) is 9.89 Å². The minimum Gasteiger partial charge on any atom is -0.379 e. The molecule has 0 bridgehead atoms. The first kappa shape index (κ1) is 15.4. The zero-order valence-electron chi connectivity index (χ0n) is 14.0. The van der Waals surface area contributed by atoms with Gasteiger partial charge >= 0.3 is 0 Å². The number of para-hydroxylation sites is 1. The molecule has 0 aromatic heterocycles. The molecule has 24 heavy (non-hydrogen) atoms. The molecule has 0 aliphatic carbocycles. The standard InChI is InChI=1S/C20H23N3O/c1-16-21-20(22-12-14-24-15-13-22)19(17-8-4-2-5-9-17)23(16)18-10-6-3-7-11-18/h2-11,19-20H,12-15H2,1H3. The van der Waals surface area contributed by atoms with Gasteiger partial charge in [-0.05, 0) is 24.6 Å². The molecule has 124 valence electrons. The van der Waals surface area contributed by atoms with E-state index in [2.05, 4.69) is 77.4 Å². The molecule has 4 heteroatoms. The van der Waals surface area contributed by atoms with Crippen LogP contribution in [0.4, 0.5) is 5.69 Å². The molecule has 2 heterocycles. The van der Waals surface area contributed by atoms with Crippen molar-refractivity contribution in [2.24, 2.45) is 4.99 Å². The summed E-state index contributed by atoms with van der Waals surface area (Å²) < 4.78 is 5.53. The minimum atomic E-state index is 0.136. The first-order chi connectivity index (χ1) is 11.8. The Hall–Kier alpha value is -2.17. The lowest BCUT2D eigenvalue weighted by molar-refractivity contribution is 0.0150. The Morgan fingerprint density at radius 2 is 1.54 bits per heavy atom. The third-order valence-corrected chi connectivity index (χ3v) is 4.82. The van der Waals surface area contributed by atoms with E-state index in [0.717, 1.165) is 32.1 Å². The summed E-state index contributed by atoms with van der Waals surface area (Å²) >= 11 is 0. The Labute approximate surface area is 143 Å². The molecule has 1 fully saturated rings. The van der Waals surface area contributed by atoms with Crippen molar-refractivity contribution in [3.05, 3.63) is 66.2 Å². The van der Waals surface area contributed by atoms with Gasteiger partial charge in [0.05, 0.1) is 19.3 Å².